The van der Waals surface area contributed by atoms with Gasteiger partial charge in [0.05, 0.1) is 0 Å². The minimum atomic E-state index is -0.436. The van der Waals surface area contributed by atoms with Crippen molar-refractivity contribution in [3.05, 3.63) is 30.1 Å². The number of carbonyl (C=O) groups excluding carboxylic acids is 1. The van der Waals surface area contributed by atoms with E-state index in [4.69, 9.17) is 11.5 Å². The van der Waals surface area contributed by atoms with Crippen molar-refractivity contribution in [1.82, 2.24) is 0 Å². The Morgan fingerprint density at radius 2 is 2.27 bits per heavy atom. The molecule has 0 bridgehead atoms. The van der Waals surface area contributed by atoms with E-state index in [0.29, 0.717) is 5.69 Å². The molecule has 0 spiro atoms. The Bertz CT molecular complexity index is 343. The first-order valence-corrected chi connectivity index (χ1v) is 4.62. The van der Waals surface area contributed by atoms with E-state index in [-0.39, 0.29) is 24.8 Å². The molecule has 1 aromatic rings. The molecule has 5 heteroatoms. The van der Waals surface area contributed by atoms with Gasteiger partial charge in [-0.15, -0.1) is 0 Å². The zero-order valence-corrected chi connectivity index (χ0v) is 8.24. The van der Waals surface area contributed by atoms with Gasteiger partial charge in [0.15, 0.2) is 0 Å². The minimum Gasteiger partial charge on any atom is -0.380 e. The second kappa shape index (κ2) is 5.31. The highest BCUT2D eigenvalue weighted by Crippen LogP contribution is 2.11. The second-order valence-corrected chi connectivity index (χ2v) is 3.26. The molecule has 4 nitrogen and oxygen atoms in total. The molecule has 1 unspecified atom stereocenters. The van der Waals surface area contributed by atoms with E-state index >= 15 is 0 Å². The van der Waals surface area contributed by atoms with Gasteiger partial charge in [-0.2, -0.15) is 0 Å². The van der Waals surface area contributed by atoms with Crippen molar-refractivity contribution >= 4 is 11.6 Å². The number of nitrogens with two attached hydrogens (primary N) is 2. The fourth-order valence-electron chi connectivity index (χ4n) is 1.25. The molecule has 5 N–H and O–H groups in total. The van der Waals surface area contributed by atoms with Gasteiger partial charge >= 0.3 is 0 Å². The summed E-state index contributed by atoms with van der Waals surface area (Å²) in [4.78, 5) is 10.7. The topological polar surface area (TPSA) is 81.1 Å². The Hall–Kier alpha value is -1.62. The molecule has 1 atom stereocenters. The molecule has 82 valence electrons. The highest BCUT2D eigenvalue weighted by atomic mass is 19.1. The third-order valence-corrected chi connectivity index (χ3v) is 1.93. The molecule has 1 rings (SSSR count). The number of halogens is 1. The third kappa shape index (κ3) is 3.95. The lowest BCUT2D eigenvalue weighted by molar-refractivity contribution is -0.118. The van der Waals surface area contributed by atoms with Crippen LogP contribution in [0.15, 0.2) is 24.3 Å². The maximum atomic E-state index is 12.8. The smallest absolute Gasteiger partial charge is 0.219 e. The lowest BCUT2D eigenvalue weighted by atomic mass is 10.2. The van der Waals surface area contributed by atoms with Crippen LogP contribution in [0.3, 0.4) is 0 Å². The van der Waals surface area contributed by atoms with E-state index in [1.165, 1.54) is 12.1 Å². The Labute approximate surface area is 87.4 Å². The second-order valence-electron chi connectivity index (χ2n) is 3.26. The van der Waals surface area contributed by atoms with Crippen LogP contribution < -0.4 is 16.8 Å². The van der Waals surface area contributed by atoms with Crippen LogP contribution in [0.4, 0.5) is 10.1 Å². The predicted octanol–water partition coefficient (Wildman–Crippen LogP) is 0.440. The molecular formula is C10H14FN3O. The standard InChI is InChI=1S/C10H14FN3O/c11-7-2-1-3-8(4-7)14-9(6-12)5-10(13)15/h1-4,9,14H,5-6,12H2,(H2,13,15). The van der Waals surface area contributed by atoms with Gasteiger partial charge in [0.25, 0.3) is 0 Å². The fourth-order valence-corrected chi connectivity index (χ4v) is 1.25. The summed E-state index contributed by atoms with van der Waals surface area (Å²) in [6.45, 7) is 0.263. The van der Waals surface area contributed by atoms with Crippen molar-refractivity contribution in [3.8, 4) is 0 Å². The molecule has 1 aromatic carbocycles. The average molecular weight is 211 g/mol. The molecule has 0 heterocycles. The molecular weight excluding hydrogens is 197 g/mol. The SMILES string of the molecule is NCC(CC(N)=O)Nc1cccc(F)c1. The molecule has 0 aromatic heterocycles. The molecule has 0 aliphatic carbocycles. The number of rotatable bonds is 5. The molecule has 0 fully saturated rings. The van der Waals surface area contributed by atoms with Crippen LogP contribution in [-0.4, -0.2) is 18.5 Å². The van der Waals surface area contributed by atoms with Crippen molar-refractivity contribution in [3.63, 3.8) is 0 Å². The van der Waals surface area contributed by atoms with Crippen LogP contribution >= 0.6 is 0 Å². The monoisotopic (exact) mass is 211 g/mol. The van der Waals surface area contributed by atoms with Crippen LogP contribution in [0.1, 0.15) is 6.42 Å². The summed E-state index contributed by atoms with van der Waals surface area (Å²) in [6, 6.07) is 5.70. The summed E-state index contributed by atoms with van der Waals surface area (Å²) < 4.78 is 12.8. The van der Waals surface area contributed by atoms with E-state index in [1.807, 2.05) is 0 Å². The minimum absolute atomic E-state index is 0.132. The van der Waals surface area contributed by atoms with Gasteiger partial charge in [0.1, 0.15) is 5.82 Å². The summed E-state index contributed by atoms with van der Waals surface area (Å²) in [5, 5.41) is 2.94. The van der Waals surface area contributed by atoms with Crippen molar-refractivity contribution in [2.45, 2.75) is 12.5 Å². The number of hydrogen-bond donors (Lipinski definition) is 3. The average Bonchev–Trinajstić information content (AvgIpc) is 2.16. The molecule has 0 aliphatic rings. The van der Waals surface area contributed by atoms with Crippen LogP contribution in [0.5, 0.6) is 0 Å². The van der Waals surface area contributed by atoms with Gasteiger partial charge in [-0.3, -0.25) is 4.79 Å². The van der Waals surface area contributed by atoms with Gasteiger partial charge in [0, 0.05) is 24.7 Å². The van der Waals surface area contributed by atoms with Crippen molar-refractivity contribution in [2.24, 2.45) is 11.5 Å². The number of anilines is 1. The fraction of sp³-hybridized carbons (Fsp3) is 0.300. The summed E-state index contributed by atoms with van der Waals surface area (Å²) in [5.74, 6) is -0.774. The van der Waals surface area contributed by atoms with E-state index in [0.717, 1.165) is 0 Å². The lowest BCUT2D eigenvalue weighted by Gasteiger charge is -2.16. The Balaban J connectivity index is 2.62. The number of nitrogens with one attached hydrogen (secondary N) is 1. The van der Waals surface area contributed by atoms with Crippen LogP contribution in [0.25, 0.3) is 0 Å². The molecule has 1 amide bonds. The van der Waals surface area contributed by atoms with E-state index in [2.05, 4.69) is 5.32 Å². The molecule has 0 aliphatic heterocycles. The summed E-state index contributed by atoms with van der Waals surface area (Å²) in [6.07, 6.45) is 0.132. The lowest BCUT2D eigenvalue weighted by Crippen LogP contribution is -2.33. The van der Waals surface area contributed by atoms with Gasteiger partial charge in [0.2, 0.25) is 5.91 Å². The van der Waals surface area contributed by atoms with E-state index < -0.39 is 5.91 Å². The maximum absolute atomic E-state index is 12.8. The van der Waals surface area contributed by atoms with E-state index in [9.17, 15) is 9.18 Å². The summed E-state index contributed by atoms with van der Waals surface area (Å²) >= 11 is 0. The highest BCUT2D eigenvalue weighted by molar-refractivity contribution is 5.75. The maximum Gasteiger partial charge on any atom is 0.219 e. The van der Waals surface area contributed by atoms with Gasteiger partial charge < -0.3 is 16.8 Å². The number of hydrogen-bond acceptors (Lipinski definition) is 3. The zero-order valence-electron chi connectivity index (χ0n) is 8.24. The largest absolute Gasteiger partial charge is 0.380 e. The molecule has 0 saturated heterocycles. The highest BCUT2D eigenvalue weighted by Gasteiger charge is 2.09. The third-order valence-electron chi connectivity index (χ3n) is 1.93. The summed E-state index contributed by atoms with van der Waals surface area (Å²) in [5.41, 5.74) is 11.1. The van der Waals surface area contributed by atoms with E-state index in [1.54, 1.807) is 12.1 Å². The normalized spacial score (nSPS) is 12.1. The van der Waals surface area contributed by atoms with Gasteiger partial charge in [-0.1, -0.05) is 6.07 Å². The number of amides is 1. The summed E-state index contributed by atoms with van der Waals surface area (Å²) in [7, 11) is 0. The number of carbonyl (C=O) groups is 1. The first-order valence-electron chi connectivity index (χ1n) is 4.62. The van der Waals surface area contributed by atoms with Crippen LogP contribution in [-0.2, 0) is 4.79 Å². The van der Waals surface area contributed by atoms with Crippen molar-refractivity contribution < 1.29 is 9.18 Å². The predicted molar refractivity (Wildman–Crippen MR) is 56.7 cm³/mol. The van der Waals surface area contributed by atoms with Crippen LogP contribution in [0, 0.1) is 5.82 Å². The molecule has 0 saturated carbocycles. The van der Waals surface area contributed by atoms with Gasteiger partial charge in [-0.05, 0) is 18.2 Å². The zero-order chi connectivity index (χ0) is 11.3. The quantitative estimate of drug-likeness (QED) is 0.661. The van der Waals surface area contributed by atoms with Gasteiger partial charge in [-0.25, -0.2) is 4.39 Å². The Morgan fingerprint density at radius 1 is 1.53 bits per heavy atom. The Morgan fingerprint density at radius 3 is 2.80 bits per heavy atom. The Kier molecular flexibility index (Phi) is 4.05. The van der Waals surface area contributed by atoms with Crippen molar-refractivity contribution in [1.29, 1.82) is 0 Å². The van der Waals surface area contributed by atoms with Crippen molar-refractivity contribution in [2.75, 3.05) is 11.9 Å². The number of benzene rings is 1. The number of primary amides is 1. The first-order chi connectivity index (χ1) is 7.11. The molecule has 0 radical (unpaired) electrons. The van der Waals surface area contributed by atoms with Crippen LogP contribution in [0.2, 0.25) is 0 Å². The first kappa shape index (κ1) is 11.5. The molecule has 15 heavy (non-hydrogen) atoms.